The Kier molecular flexibility index (Phi) is 8.88. The van der Waals surface area contributed by atoms with E-state index in [2.05, 4.69) is 5.32 Å². The number of hydrogen-bond acceptors (Lipinski definition) is 4. The molecule has 0 bridgehead atoms. The Bertz CT molecular complexity index is 750. The standard InChI is InChI=1S/C22H28N2O3S/c1-4-23-22(26)17(2)24(16-18-10-12-19(27-3)13-11-18)21(25)14-15-28-20-8-6-5-7-9-20/h5-13,17H,4,14-16H2,1-3H3,(H,23,26)/t17-/m1/s1. The zero-order chi connectivity index (χ0) is 20.4. The summed E-state index contributed by atoms with van der Waals surface area (Å²) in [6, 6.07) is 17.0. The second kappa shape index (κ2) is 11.4. The molecule has 0 radical (unpaired) electrons. The molecular weight excluding hydrogens is 372 g/mol. The van der Waals surface area contributed by atoms with E-state index in [1.54, 1.807) is 30.7 Å². The summed E-state index contributed by atoms with van der Waals surface area (Å²) in [5, 5.41) is 2.81. The first-order valence-corrected chi connectivity index (χ1v) is 10.4. The highest BCUT2D eigenvalue weighted by Crippen LogP contribution is 2.20. The molecule has 0 aliphatic carbocycles. The molecule has 0 aromatic heterocycles. The van der Waals surface area contributed by atoms with Gasteiger partial charge >= 0.3 is 0 Å². The highest BCUT2D eigenvalue weighted by molar-refractivity contribution is 7.99. The molecule has 0 heterocycles. The fraction of sp³-hybridized carbons (Fsp3) is 0.364. The van der Waals surface area contributed by atoms with Crippen molar-refractivity contribution in [2.75, 3.05) is 19.4 Å². The van der Waals surface area contributed by atoms with E-state index in [1.807, 2.05) is 61.5 Å². The maximum absolute atomic E-state index is 12.9. The molecule has 2 amide bonds. The zero-order valence-corrected chi connectivity index (χ0v) is 17.5. The Balaban J connectivity index is 2.04. The summed E-state index contributed by atoms with van der Waals surface area (Å²) in [7, 11) is 1.62. The van der Waals surface area contributed by atoms with Gasteiger partial charge in [0.15, 0.2) is 0 Å². The van der Waals surface area contributed by atoms with Gasteiger partial charge in [0.1, 0.15) is 11.8 Å². The molecule has 0 fully saturated rings. The van der Waals surface area contributed by atoms with Crippen LogP contribution in [0.2, 0.25) is 0 Å². The number of carbonyl (C=O) groups is 2. The second-order valence-corrected chi connectivity index (χ2v) is 7.52. The molecule has 2 rings (SSSR count). The SMILES string of the molecule is CCNC(=O)[C@@H](C)N(Cc1ccc(OC)cc1)C(=O)CCSc1ccccc1. The predicted octanol–water partition coefficient (Wildman–Crippen LogP) is 3.73. The number of amides is 2. The molecule has 2 aromatic carbocycles. The lowest BCUT2D eigenvalue weighted by Gasteiger charge is -2.28. The van der Waals surface area contributed by atoms with Crippen molar-refractivity contribution < 1.29 is 14.3 Å². The number of ether oxygens (including phenoxy) is 1. The molecule has 0 saturated carbocycles. The van der Waals surface area contributed by atoms with Crippen LogP contribution in [0.5, 0.6) is 5.75 Å². The van der Waals surface area contributed by atoms with Gasteiger partial charge in [-0.3, -0.25) is 9.59 Å². The largest absolute Gasteiger partial charge is 0.497 e. The zero-order valence-electron chi connectivity index (χ0n) is 16.7. The number of benzene rings is 2. The monoisotopic (exact) mass is 400 g/mol. The van der Waals surface area contributed by atoms with E-state index in [-0.39, 0.29) is 11.8 Å². The molecule has 5 nitrogen and oxygen atoms in total. The number of hydrogen-bond donors (Lipinski definition) is 1. The van der Waals surface area contributed by atoms with Gasteiger partial charge in [0.25, 0.3) is 0 Å². The lowest BCUT2D eigenvalue weighted by Crippen LogP contribution is -2.47. The van der Waals surface area contributed by atoms with Crippen molar-refractivity contribution in [2.24, 2.45) is 0 Å². The summed E-state index contributed by atoms with van der Waals surface area (Å²) in [6.07, 6.45) is 0.374. The minimum Gasteiger partial charge on any atom is -0.497 e. The van der Waals surface area contributed by atoms with Crippen molar-refractivity contribution in [3.8, 4) is 5.75 Å². The molecule has 0 aliphatic heterocycles. The van der Waals surface area contributed by atoms with Crippen LogP contribution >= 0.6 is 11.8 Å². The van der Waals surface area contributed by atoms with Crippen LogP contribution in [0.15, 0.2) is 59.5 Å². The Morgan fingerprint density at radius 1 is 1.11 bits per heavy atom. The fourth-order valence-electron chi connectivity index (χ4n) is 2.75. The molecule has 2 aromatic rings. The van der Waals surface area contributed by atoms with Crippen molar-refractivity contribution in [3.63, 3.8) is 0 Å². The molecule has 0 spiro atoms. The van der Waals surface area contributed by atoms with Crippen LogP contribution in [0.4, 0.5) is 0 Å². The molecule has 0 saturated heterocycles. The van der Waals surface area contributed by atoms with Gasteiger partial charge < -0.3 is 15.0 Å². The quantitative estimate of drug-likeness (QED) is 0.618. The number of likely N-dealkylation sites (N-methyl/N-ethyl adjacent to an activating group) is 1. The van der Waals surface area contributed by atoms with Crippen LogP contribution in [0, 0.1) is 0 Å². The van der Waals surface area contributed by atoms with Gasteiger partial charge in [-0.15, -0.1) is 11.8 Å². The minimum atomic E-state index is -0.531. The third kappa shape index (κ3) is 6.60. The maximum Gasteiger partial charge on any atom is 0.242 e. The Morgan fingerprint density at radius 3 is 2.39 bits per heavy atom. The summed E-state index contributed by atoms with van der Waals surface area (Å²) < 4.78 is 5.19. The third-order valence-corrected chi connectivity index (χ3v) is 5.37. The Morgan fingerprint density at radius 2 is 1.79 bits per heavy atom. The van der Waals surface area contributed by atoms with Gasteiger partial charge in [0.05, 0.1) is 7.11 Å². The van der Waals surface area contributed by atoms with Gasteiger partial charge in [-0.25, -0.2) is 0 Å². The van der Waals surface area contributed by atoms with Crippen molar-refractivity contribution in [1.29, 1.82) is 0 Å². The number of methoxy groups -OCH3 is 1. The number of thioether (sulfide) groups is 1. The minimum absolute atomic E-state index is 0.0296. The van der Waals surface area contributed by atoms with Gasteiger partial charge in [-0.2, -0.15) is 0 Å². The van der Waals surface area contributed by atoms with E-state index in [0.29, 0.717) is 25.3 Å². The van der Waals surface area contributed by atoms with Crippen LogP contribution < -0.4 is 10.1 Å². The summed E-state index contributed by atoms with van der Waals surface area (Å²) >= 11 is 1.64. The predicted molar refractivity (Wildman–Crippen MR) is 113 cm³/mol. The molecule has 6 heteroatoms. The smallest absolute Gasteiger partial charge is 0.242 e. The average Bonchev–Trinajstić information content (AvgIpc) is 2.72. The highest BCUT2D eigenvalue weighted by atomic mass is 32.2. The van der Waals surface area contributed by atoms with E-state index in [0.717, 1.165) is 16.2 Å². The van der Waals surface area contributed by atoms with E-state index in [4.69, 9.17) is 4.74 Å². The first kappa shape index (κ1) is 21.8. The first-order valence-electron chi connectivity index (χ1n) is 9.43. The Labute approximate surface area is 171 Å². The Hall–Kier alpha value is -2.47. The van der Waals surface area contributed by atoms with Crippen LogP contribution in [0.1, 0.15) is 25.8 Å². The number of nitrogens with one attached hydrogen (secondary N) is 1. The van der Waals surface area contributed by atoms with Crippen molar-refractivity contribution in [1.82, 2.24) is 10.2 Å². The molecule has 28 heavy (non-hydrogen) atoms. The topological polar surface area (TPSA) is 58.6 Å². The number of carbonyl (C=O) groups excluding carboxylic acids is 2. The van der Waals surface area contributed by atoms with Gasteiger partial charge in [-0.1, -0.05) is 30.3 Å². The second-order valence-electron chi connectivity index (χ2n) is 6.35. The van der Waals surface area contributed by atoms with E-state index in [1.165, 1.54) is 0 Å². The molecule has 1 N–H and O–H groups in total. The van der Waals surface area contributed by atoms with Crippen LogP contribution in [-0.2, 0) is 16.1 Å². The molecule has 1 atom stereocenters. The molecular formula is C22H28N2O3S. The van der Waals surface area contributed by atoms with Gasteiger partial charge in [-0.05, 0) is 43.7 Å². The summed E-state index contributed by atoms with van der Waals surface area (Å²) in [4.78, 5) is 28.0. The molecule has 0 unspecified atom stereocenters. The number of nitrogens with zero attached hydrogens (tertiary/aromatic N) is 1. The molecule has 0 aliphatic rings. The van der Waals surface area contributed by atoms with E-state index < -0.39 is 6.04 Å². The van der Waals surface area contributed by atoms with Crippen molar-refractivity contribution >= 4 is 23.6 Å². The van der Waals surface area contributed by atoms with Gasteiger partial charge in [0, 0.05) is 30.2 Å². The highest BCUT2D eigenvalue weighted by Gasteiger charge is 2.25. The lowest BCUT2D eigenvalue weighted by molar-refractivity contribution is -0.140. The number of rotatable bonds is 10. The summed E-state index contributed by atoms with van der Waals surface area (Å²) in [5.41, 5.74) is 0.959. The van der Waals surface area contributed by atoms with E-state index in [9.17, 15) is 9.59 Å². The van der Waals surface area contributed by atoms with Crippen molar-refractivity contribution in [2.45, 2.75) is 37.8 Å². The van der Waals surface area contributed by atoms with Crippen LogP contribution in [-0.4, -0.2) is 42.2 Å². The maximum atomic E-state index is 12.9. The van der Waals surface area contributed by atoms with Gasteiger partial charge in [0.2, 0.25) is 11.8 Å². The lowest BCUT2D eigenvalue weighted by atomic mass is 10.1. The molecule has 150 valence electrons. The van der Waals surface area contributed by atoms with E-state index >= 15 is 0 Å². The van der Waals surface area contributed by atoms with Crippen LogP contribution in [0.25, 0.3) is 0 Å². The first-order chi connectivity index (χ1) is 13.5. The normalized spacial score (nSPS) is 11.5. The third-order valence-electron chi connectivity index (χ3n) is 4.36. The average molecular weight is 401 g/mol. The fourth-order valence-corrected chi connectivity index (χ4v) is 3.61. The van der Waals surface area contributed by atoms with Crippen LogP contribution in [0.3, 0.4) is 0 Å². The van der Waals surface area contributed by atoms with Crippen molar-refractivity contribution in [3.05, 3.63) is 60.2 Å². The summed E-state index contributed by atoms with van der Waals surface area (Å²) in [6.45, 7) is 4.57. The summed E-state index contributed by atoms with van der Waals surface area (Å²) in [5.74, 6) is 1.26.